The summed E-state index contributed by atoms with van der Waals surface area (Å²) in [5.41, 5.74) is 3.27. The van der Waals surface area contributed by atoms with Crippen molar-refractivity contribution in [1.29, 1.82) is 0 Å². The van der Waals surface area contributed by atoms with E-state index in [-0.39, 0.29) is 12.6 Å². The van der Waals surface area contributed by atoms with E-state index in [1.807, 2.05) is 18.2 Å². The Balaban J connectivity index is 1.34. The predicted molar refractivity (Wildman–Crippen MR) is 158 cm³/mol. The molecule has 3 aromatic heterocycles. The molecule has 2 N–H and O–H groups in total. The van der Waals surface area contributed by atoms with Gasteiger partial charge in [-0.05, 0) is 57.5 Å². The van der Waals surface area contributed by atoms with Crippen LogP contribution in [0.3, 0.4) is 0 Å². The molecule has 6 rings (SSSR count). The summed E-state index contributed by atoms with van der Waals surface area (Å²) in [5, 5.41) is 13.2. The zero-order chi connectivity index (χ0) is 30.5. The first-order valence-corrected chi connectivity index (χ1v) is 14.1. The van der Waals surface area contributed by atoms with Crippen LogP contribution in [0.1, 0.15) is 43.6 Å². The van der Waals surface area contributed by atoms with Crippen molar-refractivity contribution in [3.63, 3.8) is 0 Å². The fraction of sp³-hybridized carbons (Fsp3) is 0.355. The number of hydrogen-bond acceptors (Lipinski definition) is 9. The second-order valence-electron chi connectivity index (χ2n) is 11.7. The van der Waals surface area contributed by atoms with Gasteiger partial charge < -0.3 is 24.8 Å². The maximum absolute atomic E-state index is 13.8. The maximum Gasteiger partial charge on any atom is 0.417 e. The molecule has 11 nitrogen and oxygen atoms in total. The van der Waals surface area contributed by atoms with Crippen molar-refractivity contribution in [2.75, 3.05) is 29.9 Å². The number of aliphatic hydroxyl groups is 1. The van der Waals surface area contributed by atoms with E-state index in [4.69, 9.17) is 9.47 Å². The lowest BCUT2D eigenvalue weighted by atomic mass is 9.99. The fourth-order valence-electron chi connectivity index (χ4n) is 5.37. The number of morpholine rings is 1. The molecule has 0 aliphatic carbocycles. The average molecular weight is 589 g/mol. The third kappa shape index (κ3) is 5.63. The third-order valence-corrected chi connectivity index (χ3v) is 7.46. The highest BCUT2D eigenvalue weighted by molar-refractivity contribution is 6.11. The number of carbonyl (C=O) groups excluding carboxylic acids is 2. The van der Waals surface area contributed by atoms with Gasteiger partial charge >= 0.3 is 6.09 Å². The van der Waals surface area contributed by atoms with Gasteiger partial charge in [0.25, 0.3) is 5.91 Å². The molecule has 224 valence electrons. The van der Waals surface area contributed by atoms with Crippen molar-refractivity contribution >= 4 is 34.8 Å². The second-order valence-corrected chi connectivity index (χ2v) is 11.7. The summed E-state index contributed by atoms with van der Waals surface area (Å²) >= 11 is 0. The van der Waals surface area contributed by atoms with Crippen LogP contribution in [0.25, 0.3) is 16.9 Å². The number of anilines is 3. The van der Waals surface area contributed by atoms with Gasteiger partial charge in [-0.15, -0.1) is 0 Å². The highest BCUT2D eigenvalue weighted by Crippen LogP contribution is 2.39. The van der Waals surface area contributed by atoms with Crippen LogP contribution < -0.4 is 10.2 Å². The number of ether oxygens (including phenoxy) is 2. The normalized spacial score (nSPS) is 17.7. The largest absolute Gasteiger partial charge is 0.443 e. The summed E-state index contributed by atoms with van der Waals surface area (Å²) in [5.74, 6) is -0.397. The fourth-order valence-corrected chi connectivity index (χ4v) is 5.37. The van der Waals surface area contributed by atoms with Crippen LogP contribution in [0.5, 0.6) is 0 Å². The first-order valence-electron chi connectivity index (χ1n) is 14.1. The molecule has 0 saturated carbocycles. The standard InChI is InChI=1S/C31H33FN6O5/c1-18(39)25-17-36(11-12-42-25)20-5-8-26(33-14-20)35-23-7-6-21(24-15-34-27-13-19(32)9-10-37(24)27)22-16-38(29(40)28(22)23)30(41)43-31(2,3)4/h5-10,13-15,18,25,39H,11-12,16-17H2,1-4H3,(H,33,35). The van der Waals surface area contributed by atoms with E-state index in [0.717, 1.165) is 10.6 Å². The molecule has 1 aromatic carbocycles. The van der Waals surface area contributed by atoms with Crippen molar-refractivity contribution in [2.45, 2.75) is 52.0 Å². The second kappa shape index (κ2) is 10.9. The molecule has 2 atom stereocenters. The zero-order valence-corrected chi connectivity index (χ0v) is 24.4. The van der Waals surface area contributed by atoms with Crippen LogP contribution in [-0.2, 0) is 16.0 Å². The van der Waals surface area contributed by atoms with Gasteiger partial charge in [0.2, 0.25) is 0 Å². The molecule has 2 aliphatic rings. The van der Waals surface area contributed by atoms with Gasteiger partial charge in [0.15, 0.2) is 0 Å². The van der Waals surface area contributed by atoms with Crippen molar-refractivity contribution < 1.29 is 28.6 Å². The highest BCUT2D eigenvalue weighted by atomic mass is 19.1. The van der Waals surface area contributed by atoms with E-state index in [2.05, 4.69) is 20.2 Å². The quantitative estimate of drug-likeness (QED) is 0.340. The third-order valence-electron chi connectivity index (χ3n) is 7.46. The van der Waals surface area contributed by atoms with Crippen LogP contribution in [-0.4, -0.2) is 73.9 Å². The zero-order valence-electron chi connectivity index (χ0n) is 24.4. The SMILES string of the molecule is CC(O)C1CN(c2ccc(Nc3ccc(-c4cnc5cc(F)ccn45)c4c3C(=O)N(C(=O)OC(C)(C)C)C4)nc2)CCO1. The van der Waals surface area contributed by atoms with Gasteiger partial charge in [0.05, 0.1) is 54.3 Å². The number of nitrogens with one attached hydrogen (secondary N) is 1. The Hall–Kier alpha value is -4.55. The molecule has 2 unspecified atom stereocenters. The summed E-state index contributed by atoms with van der Waals surface area (Å²) in [6.45, 7) is 8.66. The lowest BCUT2D eigenvalue weighted by Crippen LogP contribution is -2.47. The van der Waals surface area contributed by atoms with Crippen molar-refractivity contribution in [3.8, 4) is 11.3 Å². The van der Waals surface area contributed by atoms with Crippen LogP contribution in [0, 0.1) is 5.82 Å². The monoisotopic (exact) mass is 588 g/mol. The van der Waals surface area contributed by atoms with E-state index >= 15 is 0 Å². The van der Waals surface area contributed by atoms with Crippen LogP contribution in [0.4, 0.5) is 26.4 Å². The van der Waals surface area contributed by atoms with E-state index in [1.165, 1.54) is 12.1 Å². The number of aromatic nitrogens is 3. The number of hydrogen-bond donors (Lipinski definition) is 2. The molecule has 4 aromatic rings. The van der Waals surface area contributed by atoms with Crippen molar-refractivity contribution in [3.05, 3.63) is 71.9 Å². The Morgan fingerprint density at radius 3 is 2.72 bits per heavy atom. The summed E-state index contributed by atoms with van der Waals surface area (Å²) in [7, 11) is 0. The molecular weight excluding hydrogens is 555 g/mol. The number of rotatable bonds is 5. The minimum atomic E-state index is -0.789. The number of carbonyl (C=O) groups is 2. The molecule has 2 aliphatic heterocycles. The smallest absolute Gasteiger partial charge is 0.417 e. The van der Waals surface area contributed by atoms with Gasteiger partial charge in [-0.1, -0.05) is 6.07 Å². The topological polar surface area (TPSA) is 122 Å². The molecule has 0 bridgehead atoms. The number of benzene rings is 1. The summed E-state index contributed by atoms with van der Waals surface area (Å²) < 4.78 is 26.8. The number of aliphatic hydroxyl groups excluding tert-OH is 1. The number of fused-ring (bicyclic) bond motifs is 2. The lowest BCUT2D eigenvalue weighted by molar-refractivity contribution is -0.0364. The Morgan fingerprint density at radius 1 is 1.19 bits per heavy atom. The van der Waals surface area contributed by atoms with Gasteiger partial charge in [-0.2, -0.15) is 0 Å². The molecule has 5 heterocycles. The Kier molecular flexibility index (Phi) is 7.26. The van der Waals surface area contributed by atoms with E-state index in [9.17, 15) is 19.1 Å². The van der Waals surface area contributed by atoms with Crippen LogP contribution in [0.2, 0.25) is 0 Å². The number of nitrogens with zero attached hydrogens (tertiary/aromatic N) is 5. The molecular formula is C31H33FN6O5. The Bertz CT molecular complexity index is 1700. The first kappa shape index (κ1) is 28.6. The molecule has 1 saturated heterocycles. The Labute approximate surface area is 247 Å². The molecule has 2 amide bonds. The molecule has 1 fully saturated rings. The minimum Gasteiger partial charge on any atom is -0.443 e. The van der Waals surface area contributed by atoms with Gasteiger partial charge in [-0.3, -0.25) is 9.20 Å². The number of imidazole rings is 1. The van der Waals surface area contributed by atoms with Gasteiger partial charge in [0, 0.05) is 30.9 Å². The first-order chi connectivity index (χ1) is 20.5. The van der Waals surface area contributed by atoms with Crippen LogP contribution in [0.15, 0.2) is 55.0 Å². The van der Waals surface area contributed by atoms with Gasteiger partial charge in [-0.25, -0.2) is 24.1 Å². The molecule has 43 heavy (non-hydrogen) atoms. The van der Waals surface area contributed by atoms with E-state index < -0.39 is 29.5 Å². The molecule has 12 heteroatoms. The predicted octanol–water partition coefficient (Wildman–Crippen LogP) is 4.76. The number of imide groups is 1. The van der Waals surface area contributed by atoms with Gasteiger partial charge in [0.1, 0.15) is 29.0 Å². The van der Waals surface area contributed by atoms with Crippen LogP contribution >= 0.6 is 0 Å². The average Bonchev–Trinajstić information content (AvgIpc) is 3.54. The summed E-state index contributed by atoms with van der Waals surface area (Å²) in [6, 6.07) is 10.0. The van der Waals surface area contributed by atoms with Crippen molar-refractivity contribution in [2.24, 2.45) is 0 Å². The lowest BCUT2D eigenvalue weighted by Gasteiger charge is -2.35. The number of amides is 2. The number of halogens is 1. The van der Waals surface area contributed by atoms with E-state index in [1.54, 1.807) is 56.8 Å². The summed E-state index contributed by atoms with van der Waals surface area (Å²) in [4.78, 5) is 38.9. The van der Waals surface area contributed by atoms with Crippen molar-refractivity contribution in [1.82, 2.24) is 19.3 Å². The van der Waals surface area contributed by atoms with E-state index in [0.29, 0.717) is 59.2 Å². The Morgan fingerprint density at radius 2 is 2.00 bits per heavy atom. The highest BCUT2D eigenvalue weighted by Gasteiger charge is 2.39. The molecule has 0 radical (unpaired) electrons. The number of pyridine rings is 2. The minimum absolute atomic E-state index is 0.00376. The maximum atomic E-state index is 13.8. The molecule has 0 spiro atoms. The summed E-state index contributed by atoms with van der Waals surface area (Å²) in [6.07, 6.45) is 3.33.